The van der Waals surface area contributed by atoms with Crippen LogP contribution in [0.2, 0.25) is 0 Å². The monoisotopic (exact) mass is 261 g/mol. The van der Waals surface area contributed by atoms with E-state index in [9.17, 15) is 0 Å². The summed E-state index contributed by atoms with van der Waals surface area (Å²) in [5.74, 6) is 1.95. The van der Waals surface area contributed by atoms with E-state index in [2.05, 4.69) is 35.4 Å². The molecule has 0 amide bonds. The zero-order chi connectivity index (χ0) is 13.7. The number of hydrogen-bond donors (Lipinski definition) is 1. The van der Waals surface area contributed by atoms with Crippen molar-refractivity contribution >= 4 is 0 Å². The first kappa shape index (κ1) is 13.5. The van der Waals surface area contributed by atoms with Crippen LogP contribution in [-0.2, 0) is 6.61 Å². The van der Waals surface area contributed by atoms with Crippen LogP contribution in [0.1, 0.15) is 37.2 Å². The Bertz CT molecular complexity index is 525. The van der Waals surface area contributed by atoms with Gasteiger partial charge in [-0.1, -0.05) is 30.3 Å². The van der Waals surface area contributed by atoms with Gasteiger partial charge in [0.05, 0.1) is 0 Å². The van der Waals surface area contributed by atoms with E-state index in [-0.39, 0.29) is 6.04 Å². The Labute approximate surface area is 113 Å². The Morgan fingerprint density at radius 3 is 2.84 bits per heavy atom. The molecule has 5 heteroatoms. The molecular formula is C14H19N3O2. The minimum Gasteiger partial charge on any atom is -0.485 e. The van der Waals surface area contributed by atoms with Crippen molar-refractivity contribution in [3.05, 3.63) is 41.5 Å². The minimum atomic E-state index is 0.244. The van der Waals surface area contributed by atoms with Crippen molar-refractivity contribution in [1.29, 1.82) is 0 Å². The van der Waals surface area contributed by atoms with Gasteiger partial charge in [0.1, 0.15) is 5.75 Å². The summed E-state index contributed by atoms with van der Waals surface area (Å²) < 4.78 is 10.7. The first-order valence-corrected chi connectivity index (χ1v) is 6.45. The molecule has 0 saturated carbocycles. The minimum absolute atomic E-state index is 0.244. The van der Waals surface area contributed by atoms with E-state index < -0.39 is 0 Å². The van der Waals surface area contributed by atoms with E-state index >= 15 is 0 Å². The van der Waals surface area contributed by atoms with Gasteiger partial charge in [-0.2, -0.15) is 4.98 Å². The van der Waals surface area contributed by atoms with Crippen LogP contribution in [0, 0.1) is 6.92 Å². The molecule has 0 spiro atoms. The molecule has 1 N–H and O–H groups in total. The normalized spacial score (nSPS) is 12.4. The second kappa shape index (κ2) is 6.33. The summed E-state index contributed by atoms with van der Waals surface area (Å²) in [7, 11) is 0. The molecule has 1 aromatic heterocycles. The quantitative estimate of drug-likeness (QED) is 0.866. The molecule has 0 bridgehead atoms. The van der Waals surface area contributed by atoms with Gasteiger partial charge in [0.15, 0.2) is 6.61 Å². The Kier molecular flexibility index (Phi) is 4.52. The number of hydrogen-bond acceptors (Lipinski definition) is 5. The van der Waals surface area contributed by atoms with Crippen LogP contribution in [0.15, 0.2) is 28.8 Å². The van der Waals surface area contributed by atoms with E-state index in [1.54, 1.807) is 6.92 Å². The van der Waals surface area contributed by atoms with Gasteiger partial charge < -0.3 is 14.6 Å². The fourth-order valence-corrected chi connectivity index (χ4v) is 1.93. The third-order valence-corrected chi connectivity index (χ3v) is 2.82. The number of nitrogens with one attached hydrogen (secondary N) is 1. The maximum Gasteiger partial charge on any atom is 0.223 e. The summed E-state index contributed by atoms with van der Waals surface area (Å²) in [6.45, 7) is 7.19. The molecule has 1 heterocycles. The molecule has 5 nitrogen and oxygen atoms in total. The average Bonchev–Trinajstić information content (AvgIpc) is 2.83. The number of aryl methyl sites for hydroxylation is 1. The third-order valence-electron chi connectivity index (χ3n) is 2.82. The van der Waals surface area contributed by atoms with Gasteiger partial charge in [-0.25, -0.2) is 0 Å². The largest absolute Gasteiger partial charge is 0.485 e. The number of nitrogens with zero attached hydrogens (tertiary/aromatic N) is 2. The highest BCUT2D eigenvalue weighted by atomic mass is 16.5. The van der Waals surface area contributed by atoms with Gasteiger partial charge in [-0.15, -0.1) is 0 Å². The van der Waals surface area contributed by atoms with E-state index in [1.165, 1.54) is 0 Å². The number of ether oxygens (including phenoxy) is 1. The second-order valence-electron chi connectivity index (χ2n) is 4.34. The van der Waals surface area contributed by atoms with Crippen molar-refractivity contribution in [1.82, 2.24) is 15.5 Å². The van der Waals surface area contributed by atoms with Gasteiger partial charge in [-0.3, -0.25) is 0 Å². The Morgan fingerprint density at radius 2 is 2.16 bits per heavy atom. The van der Waals surface area contributed by atoms with Crippen LogP contribution in [-0.4, -0.2) is 16.7 Å². The molecule has 1 atom stereocenters. The topological polar surface area (TPSA) is 60.2 Å². The molecule has 19 heavy (non-hydrogen) atoms. The average molecular weight is 261 g/mol. The first-order chi connectivity index (χ1) is 9.20. The highest BCUT2D eigenvalue weighted by Crippen LogP contribution is 2.25. The van der Waals surface area contributed by atoms with Crippen LogP contribution >= 0.6 is 0 Å². The predicted octanol–water partition coefficient (Wildman–Crippen LogP) is 2.63. The van der Waals surface area contributed by atoms with Crippen molar-refractivity contribution in [3.63, 3.8) is 0 Å². The Morgan fingerprint density at radius 1 is 1.37 bits per heavy atom. The van der Waals surface area contributed by atoms with Gasteiger partial charge in [0.2, 0.25) is 11.7 Å². The zero-order valence-electron chi connectivity index (χ0n) is 11.5. The molecule has 0 aliphatic heterocycles. The smallest absolute Gasteiger partial charge is 0.223 e. The summed E-state index contributed by atoms with van der Waals surface area (Å²) in [5.41, 5.74) is 1.13. The third kappa shape index (κ3) is 3.54. The molecule has 0 radical (unpaired) electrons. The van der Waals surface area contributed by atoms with E-state index in [0.29, 0.717) is 18.3 Å². The van der Waals surface area contributed by atoms with Gasteiger partial charge >= 0.3 is 0 Å². The summed E-state index contributed by atoms with van der Waals surface area (Å²) in [6, 6.07) is 8.22. The molecule has 0 aliphatic rings. The number of aromatic nitrogens is 2. The lowest BCUT2D eigenvalue weighted by Gasteiger charge is -2.16. The van der Waals surface area contributed by atoms with Gasteiger partial charge in [0.25, 0.3) is 0 Å². The molecule has 0 fully saturated rings. The number of benzene rings is 1. The van der Waals surface area contributed by atoms with Crippen LogP contribution in [0.25, 0.3) is 0 Å². The Balaban J connectivity index is 2.07. The predicted molar refractivity (Wildman–Crippen MR) is 71.9 cm³/mol. The summed E-state index contributed by atoms with van der Waals surface area (Å²) in [6.07, 6.45) is 0. The molecule has 0 saturated heterocycles. The molecule has 102 valence electrons. The molecule has 2 rings (SSSR count). The number of para-hydroxylation sites is 1. The standard InChI is InChI=1S/C14H19N3O2/c1-4-15-10(2)12-7-5-6-8-13(12)18-9-14-16-11(3)19-17-14/h5-8,10,15H,4,9H2,1-3H3. The molecule has 1 unspecified atom stereocenters. The molecule has 1 aromatic carbocycles. The van der Waals surface area contributed by atoms with Crippen molar-refractivity contribution in [3.8, 4) is 5.75 Å². The Hall–Kier alpha value is -1.88. The summed E-state index contributed by atoms with van der Waals surface area (Å²) in [5, 5.41) is 7.19. The van der Waals surface area contributed by atoms with E-state index in [1.807, 2.05) is 18.2 Å². The fraction of sp³-hybridized carbons (Fsp3) is 0.429. The summed E-state index contributed by atoms with van der Waals surface area (Å²) >= 11 is 0. The highest BCUT2D eigenvalue weighted by molar-refractivity contribution is 5.35. The molecule has 0 aliphatic carbocycles. The summed E-state index contributed by atoms with van der Waals surface area (Å²) in [4.78, 5) is 4.12. The maximum absolute atomic E-state index is 5.78. The van der Waals surface area contributed by atoms with Crippen molar-refractivity contribution in [2.45, 2.75) is 33.4 Å². The highest BCUT2D eigenvalue weighted by Gasteiger charge is 2.11. The lowest BCUT2D eigenvalue weighted by molar-refractivity contribution is 0.280. The first-order valence-electron chi connectivity index (χ1n) is 6.45. The van der Waals surface area contributed by atoms with Gasteiger partial charge in [-0.05, 0) is 19.5 Å². The van der Waals surface area contributed by atoms with Crippen LogP contribution in [0.5, 0.6) is 5.75 Å². The van der Waals surface area contributed by atoms with E-state index in [4.69, 9.17) is 9.26 Å². The van der Waals surface area contributed by atoms with Crippen LogP contribution in [0.4, 0.5) is 0 Å². The van der Waals surface area contributed by atoms with Gasteiger partial charge in [0, 0.05) is 18.5 Å². The van der Waals surface area contributed by atoms with Crippen molar-refractivity contribution in [2.75, 3.05) is 6.54 Å². The lowest BCUT2D eigenvalue weighted by Crippen LogP contribution is -2.18. The fourth-order valence-electron chi connectivity index (χ4n) is 1.93. The maximum atomic E-state index is 5.78. The van der Waals surface area contributed by atoms with Crippen molar-refractivity contribution in [2.24, 2.45) is 0 Å². The van der Waals surface area contributed by atoms with Crippen LogP contribution < -0.4 is 10.1 Å². The second-order valence-corrected chi connectivity index (χ2v) is 4.34. The number of rotatable bonds is 6. The lowest BCUT2D eigenvalue weighted by atomic mass is 10.1. The SMILES string of the molecule is CCNC(C)c1ccccc1OCc1noc(C)n1. The van der Waals surface area contributed by atoms with Crippen molar-refractivity contribution < 1.29 is 9.26 Å². The van der Waals surface area contributed by atoms with E-state index in [0.717, 1.165) is 17.9 Å². The molecular weight excluding hydrogens is 242 g/mol. The molecule has 2 aromatic rings. The zero-order valence-corrected chi connectivity index (χ0v) is 11.5. The van der Waals surface area contributed by atoms with Crippen LogP contribution in [0.3, 0.4) is 0 Å².